The number of amides is 5. The molecule has 0 spiro atoms. The SMILES string of the molecule is NCC(=O)NNC(=O)NCC(=O)NC(Cc1cccc(F)c1)C(N)=O. The van der Waals surface area contributed by atoms with E-state index in [9.17, 15) is 23.6 Å². The van der Waals surface area contributed by atoms with Crippen molar-refractivity contribution in [1.82, 2.24) is 21.5 Å². The van der Waals surface area contributed by atoms with Crippen LogP contribution in [0, 0.1) is 5.82 Å². The van der Waals surface area contributed by atoms with Gasteiger partial charge in [0.05, 0.1) is 13.1 Å². The zero-order valence-corrected chi connectivity index (χ0v) is 13.2. The molecule has 0 aliphatic carbocycles. The van der Waals surface area contributed by atoms with Gasteiger partial charge in [-0.15, -0.1) is 0 Å². The van der Waals surface area contributed by atoms with Gasteiger partial charge in [0, 0.05) is 6.42 Å². The number of carbonyl (C=O) groups is 4. The van der Waals surface area contributed by atoms with Gasteiger partial charge in [0.1, 0.15) is 11.9 Å². The Labute approximate surface area is 142 Å². The maximum absolute atomic E-state index is 13.2. The lowest BCUT2D eigenvalue weighted by atomic mass is 10.1. The summed E-state index contributed by atoms with van der Waals surface area (Å²) >= 11 is 0. The number of rotatable bonds is 7. The molecule has 0 aromatic heterocycles. The summed E-state index contributed by atoms with van der Waals surface area (Å²) in [6.45, 7) is -0.793. The van der Waals surface area contributed by atoms with Crippen molar-refractivity contribution in [3.05, 3.63) is 35.6 Å². The molecule has 0 saturated heterocycles. The van der Waals surface area contributed by atoms with Crippen molar-refractivity contribution in [1.29, 1.82) is 0 Å². The molecule has 0 saturated carbocycles. The smallest absolute Gasteiger partial charge is 0.333 e. The van der Waals surface area contributed by atoms with Crippen LogP contribution >= 0.6 is 0 Å². The van der Waals surface area contributed by atoms with E-state index in [1.807, 2.05) is 10.9 Å². The van der Waals surface area contributed by atoms with Crippen LogP contribution in [0.2, 0.25) is 0 Å². The van der Waals surface area contributed by atoms with Crippen molar-refractivity contribution < 1.29 is 23.6 Å². The summed E-state index contributed by atoms with van der Waals surface area (Å²) in [5.41, 5.74) is 14.7. The summed E-state index contributed by atoms with van der Waals surface area (Å²) in [7, 11) is 0. The molecule has 8 N–H and O–H groups in total. The second kappa shape index (κ2) is 9.82. The molecule has 0 aliphatic rings. The summed E-state index contributed by atoms with van der Waals surface area (Å²) in [6.07, 6.45) is -0.00239. The number of benzene rings is 1. The van der Waals surface area contributed by atoms with E-state index in [1.54, 1.807) is 6.07 Å². The zero-order chi connectivity index (χ0) is 18.8. The molecule has 0 aliphatic heterocycles. The number of hydrogen-bond acceptors (Lipinski definition) is 5. The van der Waals surface area contributed by atoms with Crippen LogP contribution in [-0.2, 0) is 20.8 Å². The van der Waals surface area contributed by atoms with Crippen molar-refractivity contribution in [3.8, 4) is 0 Å². The van der Waals surface area contributed by atoms with Gasteiger partial charge < -0.3 is 22.1 Å². The lowest BCUT2D eigenvalue weighted by Gasteiger charge is -2.16. The first-order valence-electron chi connectivity index (χ1n) is 7.17. The van der Waals surface area contributed by atoms with Gasteiger partial charge >= 0.3 is 6.03 Å². The topological polar surface area (TPSA) is 168 Å². The van der Waals surface area contributed by atoms with E-state index in [-0.39, 0.29) is 13.0 Å². The molecule has 1 atom stereocenters. The van der Waals surface area contributed by atoms with Crippen LogP contribution in [0.3, 0.4) is 0 Å². The van der Waals surface area contributed by atoms with Crippen LogP contribution in [-0.4, -0.2) is 42.9 Å². The molecule has 5 amide bonds. The van der Waals surface area contributed by atoms with Gasteiger partial charge in [-0.1, -0.05) is 12.1 Å². The molecular weight excluding hydrogens is 335 g/mol. The summed E-state index contributed by atoms with van der Waals surface area (Å²) in [5.74, 6) is -2.61. The van der Waals surface area contributed by atoms with E-state index in [0.29, 0.717) is 5.56 Å². The maximum Gasteiger partial charge on any atom is 0.333 e. The molecule has 25 heavy (non-hydrogen) atoms. The highest BCUT2D eigenvalue weighted by Gasteiger charge is 2.19. The Hall–Kier alpha value is -3.21. The molecule has 0 radical (unpaired) electrons. The number of halogens is 1. The predicted octanol–water partition coefficient (Wildman–Crippen LogP) is -2.37. The highest BCUT2D eigenvalue weighted by atomic mass is 19.1. The lowest BCUT2D eigenvalue weighted by molar-refractivity contribution is -0.126. The van der Waals surface area contributed by atoms with Gasteiger partial charge in [-0.25, -0.2) is 14.6 Å². The highest BCUT2D eigenvalue weighted by Crippen LogP contribution is 2.06. The van der Waals surface area contributed by atoms with Gasteiger partial charge in [0.2, 0.25) is 11.8 Å². The van der Waals surface area contributed by atoms with Crippen molar-refractivity contribution >= 4 is 23.8 Å². The monoisotopic (exact) mass is 354 g/mol. The number of hydrogen-bond donors (Lipinski definition) is 6. The van der Waals surface area contributed by atoms with Gasteiger partial charge in [0.25, 0.3) is 5.91 Å². The number of nitrogens with one attached hydrogen (secondary N) is 4. The minimum atomic E-state index is -1.07. The summed E-state index contributed by atoms with van der Waals surface area (Å²) in [6, 6.07) is 3.58. The number of urea groups is 1. The van der Waals surface area contributed by atoms with Crippen molar-refractivity contribution in [2.45, 2.75) is 12.5 Å². The Morgan fingerprint density at radius 2 is 1.84 bits per heavy atom. The van der Waals surface area contributed by atoms with Crippen LogP contribution in [0.25, 0.3) is 0 Å². The van der Waals surface area contributed by atoms with E-state index in [1.165, 1.54) is 18.2 Å². The molecule has 1 unspecified atom stereocenters. The normalized spacial score (nSPS) is 11.1. The summed E-state index contributed by atoms with van der Waals surface area (Å²) < 4.78 is 13.2. The Morgan fingerprint density at radius 1 is 1.12 bits per heavy atom. The fraction of sp³-hybridized carbons (Fsp3) is 0.286. The average molecular weight is 354 g/mol. The molecule has 0 fully saturated rings. The minimum absolute atomic E-state index is 0.00239. The van der Waals surface area contributed by atoms with Crippen LogP contribution in [0.4, 0.5) is 9.18 Å². The van der Waals surface area contributed by atoms with E-state index in [2.05, 4.69) is 10.6 Å². The largest absolute Gasteiger partial charge is 0.368 e. The Bertz CT molecular complexity index is 654. The fourth-order valence-electron chi connectivity index (χ4n) is 1.75. The highest BCUT2D eigenvalue weighted by molar-refractivity contribution is 5.89. The molecule has 0 bridgehead atoms. The van der Waals surface area contributed by atoms with Gasteiger partial charge in [-0.05, 0) is 17.7 Å². The average Bonchev–Trinajstić information content (AvgIpc) is 2.57. The van der Waals surface area contributed by atoms with Crippen LogP contribution in [0.15, 0.2) is 24.3 Å². The predicted molar refractivity (Wildman–Crippen MR) is 85.0 cm³/mol. The standard InChI is InChI=1S/C14H19FN6O4/c15-9-3-1-2-8(4-9)5-10(13(17)24)19-12(23)7-18-14(25)21-20-11(22)6-16/h1-4,10H,5-7,16H2,(H2,17,24)(H,19,23)(H,20,22)(H2,18,21,25). The maximum atomic E-state index is 13.2. The van der Waals surface area contributed by atoms with Gasteiger partial charge in [-0.3, -0.25) is 19.8 Å². The van der Waals surface area contributed by atoms with E-state index in [0.717, 1.165) is 0 Å². The Morgan fingerprint density at radius 3 is 2.44 bits per heavy atom. The number of nitrogens with two attached hydrogens (primary N) is 2. The number of primary amides is 1. The second-order valence-corrected chi connectivity index (χ2v) is 4.92. The van der Waals surface area contributed by atoms with Crippen LogP contribution in [0.5, 0.6) is 0 Å². The van der Waals surface area contributed by atoms with E-state index < -0.39 is 42.2 Å². The summed E-state index contributed by atoms with van der Waals surface area (Å²) in [5, 5.41) is 4.48. The van der Waals surface area contributed by atoms with Crippen molar-refractivity contribution in [3.63, 3.8) is 0 Å². The molecule has 1 aromatic rings. The number of carbonyl (C=O) groups excluding carboxylic acids is 4. The first-order valence-corrected chi connectivity index (χ1v) is 7.17. The second-order valence-electron chi connectivity index (χ2n) is 4.92. The van der Waals surface area contributed by atoms with E-state index in [4.69, 9.17) is 11.5 Å². The quantitative estimate of drug-likeness (QED) is 0.300. The van der Waals surface area contributed by atoms with E-state index >= 15 is 0 Å². The van der Waals surface area contributed by atoms with Gasteiger partial charge in [0.15, 0.2) is 0 Å². The van der Waals surface area contributed by atoms with Gasteiger partial charge in [-0.2, -0.15) is 0 Å². The van der Waals surface area contributed by atoms with Crippen molar-refractivity contribution in [2.24, 2.45) is 11.5 Å². The first kappa shape index (κ1) is 19.8. The third kappa shape index (κ3) is 7.74. The summed E-state index contributed by atoms with van der Waals surface area (Å²) in [4.78, 5) is 45.4. The zero-order valence-electron chi connectivity index (χ0n) is 13.2. The Kier molecular flexibility index (Phi) is 7.79. The third-order valence-corrected chi connectivity index (χ3v) is 2.92. The first-order chi connectivity index (χ1) is 11.8. The molecule has 136 valence electrons. The van der Waals surface area contributed by atoms with Crippen LogP contribution in [0.1, 0.15) is 5.56 Å². The molecule has 1 aromatic carbocycles. The molecule has 1 rings (SSSR count). The van der Waals surface area contributed by atoms with Crippen LogP contribution < -0.4 is 33.0 Å². The third-order valence-electron chi connectivity index (χ3n) is 2.92. The molecule has 11 heteroatoms. The Balaban J connectivity index is 2.47. The fourth-order valence-corrected chi connectivity index (χ4v) is 1.75. The molecule has 0 heterocycles. The number of hydrazine groups is 1. The van der Waals surface area contributed by atoms with Crippen molar-refractivity contribution in [2.75, 3.05) is 13.1 Å². The molecular formula is C14H19FN6O4. The molecule has 10 nitrogen and oxygen atoms in total. The minimum Gasteiger partial charge on any atom is -0.368 e. The lowest BCUT2D eigenvalue weighted by Crippen LogP contribution is -2.52.